The molecule has 1 rings (SSSR count). The Morgan fingerprint density at radius 2 is 2.14 bits per heavy atom. The van der Waals surface area contributed by atoms with Gasteiger partial charge in [-0.15, -0.1) is 0 Å². The first-order valence-electron chi connectivity index (χ1n) is 4.35. The normalized spacial score (nSPS) is 10.0. The lowest BCUT2D eigenvalue weighted by Crippen LogP contribution is -2.09. The highest BCUT2D eigenvalue weighted by Crippen LogP contribution is 2.09. The molecule has 0 saturated heterocycles. The SMILES string of the molecule is COC(=O)c1cccc(OC(C)C)n1. The highest BCUT2D eigenvalue weighted by atomic mass is 16.5. The van der Waals surface area contributed by atoms with Gasteiger partial charge in [0.25, 0.3) is 0 Å². The number of hydrogen-bond donors (Lipinski definition) is 0. The molecule has 0 spiro atoms. The number of pyridine rings is 1. The fourth-order valence-corrected chi connectivity index (χ4v) is 0.940. The Morgan fingerprint density at radius 1 is 1.43 bits per heavy atom. The molecule has 0 aliphatic carbocycles. The van der Waals surface area contributed by atoms with Crippen molar-refractivity contribution in [3.05, 3.63) is 23.9 Å². The molecule has 1 heterocycles. The third kappa shape index (κ3) is 2.73. The molecule has 0 amide bonds. The van der Waals surface area contributed by atoms with Crippen molar-refractivity contribution in [3.8, 4) is 5.88 Å². The van der Waals surface area contributed by atoms with Gasteiger partial charge >= 0.3 is 5.97 Å². The Labute approximate surface area is 82.9 Å². The van der Waals surface area contributed by atoms with Crippen LogP contribution in [-0.4, -0.2) is 24.2 Å². The fourth-order valence-electron chi connectivity index (χ4n) is 0.940. The van der Waals surface area contributed by atoms with Crippen molar-refractivity contribution in [1.29, 1.82) is 0 Å². The molecule has 1 aromatic heterocycles. The van der Waals surface area contributed by atoms with Crippen LogP contribution in [0.25, 0.3) is 0 Å². The van der Waals surface area contributed by atoms with Crippen molar-refractivity contribution in [2.75, 3.05) is 7.11 Å². The van der Waals surface area contributed by atoms with Gasteiger partial charge in [-0.2, -0.15) is 0 Å². The lowest BCUT2D eigenvalue weighted by atomic mass is 10.3. The van der Waals surface area contributed by atoms with E-state index >= 15 is 0 Å². The molecule has 76 valence electrons. The van der Waals surface area contributed by atoms with E-state index in [1.165, 1.54) is 7.11 Å². The summed E-state index contributed by atoms with van der Waals surface area (Å²) in [6, 6.07) is 4.99. The topological polar surface area (TPSA) is 48.4 Å². The van der Waals surface area contributed by atoms with Crippen LogP contribution in [-0.2, 0) is 4.74 Å². The van der Waals surface area contributed by atoms with Crippen molar-refractivity contribution in [1.82, 2.24) is 4.98 Å². The monoisotopic (exact) mass is 195 g/mol. The second-order valence-electron chi connectivity index (χ2n) is 3.02. The third-order valence-corrected chi connectivity index (χ3v) is 1.47. The van der Waals surface area contributed by atoms with E-state index in [0.29, 0.717) is 5.88 Å². The average molecular weight is 195 g/mol. The van der Waals surface area contributed by atoms with E-state index < -0.39 is 5.97 Å². The summed E-state index contributed by atoms with van der Waals surface area (Å²) in [5.41, 5.74) is 0.255. The number of carbonyl (C=O) groups is 1. The minimum absolute atomic E-state index is 0.0374. The largest absolute Gasteiger partial charge is 0.475 e. The van der Waals surface area contributed by atoms with E-state index in [2.05, 4.69) is 9.72 Å². The van der Waals surface area contributed by atoms with Crippen LogP contribution < -0.4 is 4.74 Å². The van der Waals surface area contributed by atoms with Gasteiger partial charge in [0.1, 0.15) is 0 Å². The van der Waals surface area contributed by atoms with E-state index in [9.17, 15) is 4.79 Å². The Morgan fingerprint density at radius 3 is 2.71 bits per heavy atom. The van der Waals surface area contributed by atoms with Crippen LogP contribution in [0.5, 0.6) is 5.88 Å². The van der Waals surface area contributed by atoms with Gasteiger partial charge in [-0.25, -0.2) is 9.78 Å². The first-order valence-corrected chi connectivity index (χ1v) is 4.35. The molecule has 0 aliphatic heterocycles. The van der Waals surface area contributed by atoms with Gasteiger partial charge in [0.05, 0.1) is 13.2 Å². The molecule has 0 aliphatic rings. The molecule has 4 nitrogen and oxygen atoms in total. The molecule has 0 fully saturated rings. The molecule has 14 heavy (non-hydrogen) atoms. The van der Waals surface area contributed by atoms with Crippen molar-refractivity contribution in [2.24, 2.45) is 0 Å². The number of nitrogens with zero attached hydrogens (tertiary/aromatic N) is 1. The van der Waals surface area contributed by atoms with Crippen molar-refractivity contribution in [2.45, 2.75) is 20.0 Å². The Bertz CT molecular complexity index is 323. The molecule has 4 heteroatoms. The van der Waals surface area contributed by atoms with Crippen LogP contribution in [0.3, 0.4) is 0 Å². The Kier molecular flexibility index (Phi) is 3.45. The predicted octanol–water partition coefficient (Wildman–Crippen LogP) is 1.66. The highest BCUT2D eigenvalue weighted by molar-refractivity contribution is 5.87. The maximum Gasteiger partial charge on any atom is 0.356 e. The van der Waals surface area contributed by atoms with Gasteiger partial charge < -0.3 is 9.47 Å². The van der Waals surface area contributed by atoms with Gasteiger partial charge in [-0.3, -0.25) is 0 Å². The summed E-state index contributed by atoms with van der Waals surface area (Å²) in [6.45, 7) is 3.79. The number of methoxy groups -OCH3 is 1. The van der Waals surface area contributed by atoms with E-state index in [-0.39, 0.29) is 11.8 Å². The van der Waals surface area contributed by atoms with Gasteiger partial charge in [0.2, 0.25) is 5.88 Å². The first kappa shape index (κ1) is 10.5. The second kappa shape index (κ2) is 4.60. The molecule has 0 unspecified atom stereocenters. The third-order valence-electron chi connectivity index (χ3n) is 1.47. The van der Waals surface area contributed by atoms with Crippen molar-refractivity contribution in [3.63, 3.8) is 0 Å². The summed E-state index contributed by atoms with van der Waals surface area (Å²) in [4.78, 5) is 15.1. The van der Waals surface area contributed by atoms with E-state index in [1.807, 2.05) is 13.8 Å². The van der Waals surface area contributed by atoms with Crippen LogP contribution in [0.4, 0.5) is 0 Å². The zero-order valence-corrected chi connectivity index (χ0v) is 8.48. The molecule has 0 atom stereocenters. The first-order chi connectivity index (χ1) is 6.63. The number of ether oxygens (including phenoxy) is 2. The van der Waals surface area contributed by atoms with Gasteiger partial charge in [-0.1, -0.05) is 6.07 Å². The second-order valence-corrected chi connectivity index (χ2v) is 3.02. The number of esters is 1. The van der Waals surface area contributed by atoms with Crippen LogP contribution in [0, 0.1) is 0 Å². The molecule has 0 aromatic carbocycles. The summed E-state index contributed by atoms with van der Waals surface area (Å²) in [7, 11) is 1.32. The summed E-state index contributed by atoms with van der Waals surface area (Å²) in [5, 5.41) is 0. The van der Waals surface area contributed by atoms with Crippen molar-refractivity contribution >= 4 is 5.97 Å². The summed E-state index contributed by atoms with van der Waals surface area (Å²) in [5.74, 6) is -0.0258. The number of hydrogen-bond acceptors (Lipinski definition) is 4. The van der Waals surface area contributed by atoms with Crippen LogP contribution in [0.1, 0.15) is 24.3 Å². The summed E-state index contributed by atoms with van der Waals surface area (Å²) >= 11 is 0. The quantitative estimate of drug-likeness (QED) is 0.688. The van der Waals surface area contributed by atoms with E-state index in [4.69, 9.17) is 4.74 Å². The summed E-state index contributed by atoms with van der Waals surface area (Å²) < 4.78 is 9.87. The zero-order valence-electron chi connectivity index (χ0n) is 8.48. The lowest BCUT2D eigenvalue weighted by molar-refractivity contribution is 0.0592. The molecule has 0 radical (unpaired) electrons. The molecule has 0 bridgehead atoms. The fraction of sp³-hybridized carbons (Fsp3) is 0.400. The predicted molar refractivity (Wildman–Crippen MR) is 51.3 cm³/mol. The van der Waals surface area contributed by atoms with Crippen LogP contribution in [0.2, 0.25) is 0 Å². The smallest absolute Gasteiger partial charge is 0.356 e. The highest BCUT2D eigenvalue weighted by Gasteiger charge is 2.08. The van der Waals surface area contributed by atoms with Gasteiger partial charge in [0, 0.05) is 6.07 Å². The standard InChI is InChI=1S/C10H13NO3/c1-7(2)14-9-6-4-5-8(11-9)10(12)13-3/h4-7H,1-3H3. The molecular weight excluding hydrogens is 182 g/mol. The maximum absolute atomic E-state index is 11.1. The average Bonchev–Trinajstić information content (AvgIpc) is 2.16. The molecule has 1 aromatic rings. The van der Waals surface area contributed by atoms with Crippen LogP contribution in [0.15, 0.2) is 18.2 Å². The number of aromatic nitrogens is 1. The molecular formula is C10H13NO3. The lowest BCUT2D eigenvalue weighted by Gasteiger charge is -2.08. The van der Waals surface area contributed by atoms with E-state index in [1.54, 1.807) is 18.2 Å². The zero-order chi connectivity index (χ0) is 10.6. The number of rotatable bonds is 3. The van der Waals surface area contributed by atoms with Crippen molar-refractivity contribution < 1.29 is 14.3 Å². The Hall–Kier alpha value is -1.58. The van der Waals surface area contributed by atoms with Gasteiger partial charge in [-0.05, 0) is 19.9 Å². The molecule has 0 N–H and O–H groups in total. The molecule has 0 saturated carbocycles. The Balaban J connectivity index is 2.84. The maximum atomic E-state index is 11.1. The van der Waals surface area contributed by atoms with E-state index in [0.717, 1.165) is 0 Å². The van der Waals surface area contributed by atoms with Crippen LogP contribution >= 0.6 is 0 Å². The minimum Gasteiger partial charge on any atom is -0.475 e. The minimum atomic E-state index is -0.459. The number of carbonyl (C=O) groups excluding carboxylic acids is 1. The summed E-state index contributed by atoms with van der Waals surface area (Å²) in [6.07, 6.45) is 0.0374. The van der Waals surface area contributed by atoms with Gasteiger partial charge in [0.15, 0.2) is 5.69 Å².